The number of hydrogen-bond acceptors (Lipinski definition) is 4. The van der Waals surface area contributed by atoms with Crippen LogP contribution in [0.1, 0.15) is 36.3 Å². The molecule has 0 aliphatic heterocycles. The molecular formula is C33H34BrNO4. The quantitative estimate of drug-likeness (QED) is 0.0948. The molecule has 0 fully saturated rings. The van der Waals surface area contributed by atoms with E-state index < -0.39 is 0 Å². The number of ether oxygens (including phenoxy) is 3. The SMILES string of the molecule is C=CCCOc1ccc(-c2c(-c3ccc(OC(C)C)cc3)cn(CCc3ccccc3Br)c2C(=O)OC)cc1. The normalized spacial score (nSPS) is 10.9. The molecule has 0 bridgehead atoms. The number of aryl methyl sites for hydroxylation is 2. The third-order valence-corrected chi connectivity index (χ3v) is 7.08. The van der Waals surface area contributed by atoms with Crippen LogP contribution in [0.5, 0.6) is 11.5 Å². The van der Waals surface area contributed by atoms with Crippen molar-refractivity contribution in [2.45, 2.75) is 39.3 Å². The molecule has 3 aromatic carbocycles. The van der Waals surface area contributed by atoms with Crippen LogP contribution in [-0.4, -0.2) is 30.4 Å². The highest BCUT2D eigenvalue weighted by Gasteiger charge is 2.25. The van der Waals surface area contributed by atoms with Gasteiger partial charge in [0, 0.05) is 28.3 Å². The lowest BCUT2D eigenvalue weighted by atomic mass is 9.96. The van der Waals surface area contributed by atoms with Gasteiger partial charge in [0.15, 0.2) is 0 Å². The number of esters is 1. The molecule has 39 heavy (non-hydrogen) atoms. The summed E-state index contributed by atoms with van der Waals surface area (Å²) >= 11 is 3.65. The molecular weight excluding hydrogens is 554 g/mol. The number of rotatable bonds is 12. The Balaban J connectivity index is 1.80. The Labute approximate surface area is 239 Å². The Hall–Kier alpha value is -3.77. The molecule has 5 nitrogen and oxygen atoms in total. The van der Waals surface area contributed by atoms with Crippen molar-refractivity contribution < 1.29 is 19.0 Å². The van der Waals surface area contributed by atoms with E-state index in [1.807, 2.05) is 97.4 Å². The minimum atomic E-state index is -0.380. The lowest BCUT2D eigenvalue weighted by molar-refractivity contribution is 0.0589. The molecule has 0 radical (unpaired) electrons. The second kappa shape index (κ2) is 13.3. The highest BCUT2D eigenvalue weighted by atomic mass is 79.9. The largest absolute Gasteiger partial charge is 0.493 e. The van der Waals surface area contributed by atoms with Crippen molar-refractivity contribution in [1.29, 1.82) is 0 Å². The molecule has 0 unspecified atom stereocenters. The maximum Gasteiger partial charge on any atom is 0.355 e. The molecule has 202 valence electrons. The molecule has 1 aromatic heterocycles. The number of methoxy groups -OCH3 is 1. The van der Waals surface area contributed by atoms with Crippen molar-refractivity contribution in [3.8, 4) is 33.8 Å². The number of carbonyl (C=O) groups is 1. The summed E-state index contributed by atoms with van der Waals surface area (Å²) in [7, 11) is 1.42. The van der Waals surface area contributed by atoms with Crippen LogP contribution in [0.25, 0.3) is 22.3 Å². The van der Waals surface area contributed by atoms with E-state index in [2.05, 4.69) is 28.6 Å². The average molecular weight is 589 g/mol. The Morgan fingerprint density at radius 1 is 0.974 bits per heavy atom. The molecule has 6 heteroatoms. The topological polar surface area (TPSA) is 49.7 Å². The molecule has 4 rings (SSSR count). The molecule has 0 saturated heterocycles. The monoisotopic (exact) mass is 587 g/mol. The van der Waals surface area contributed by atoms with E-state index in [1.54, 1.807) is 0 Å². The molecule has 0 saturated carbocycles. The predicted octanol–water partition coefficient (Wildman–Crippen LogP) is 8.36. The standard InChI is InChI=1S/C33H34BrNO4/c1-5-6-21-38-27-15-13-26(14-16-27)31-29(24-11-17-28(18-12-24)39-23(2)3)22-35(32(31)33(36)37-4)20-19-25-9-7-8-10-30(25)34/h5,7-18,22-23H,1,6,19-21H2,2-4H3. The van der Waals surface area contributed by atoms with Crippen molar-refractivity contribution in [2.75, 3.05) is 13.7 Å². The predicted molar refractivity (Wildman–Crippen MR) is 161 cm³/mol. The summed E-state index contributed by atoms with van der Waals surface area (Å²) < 4.78 is 20.0. The first-order valence-corrected chi connectivity index (χ1v) is 13.9. The number of nitrogens with zero attached hydrogens (tertiary/aromatic N) is 1. The van der Waals surface area contributed by atoms with Crippen molar-refractivity contribution in [2.24, 2.45) is 0 Å². The van der Waals surface area contributed by atoms with Crippen LogP contribution in [0.15, 0.2) is 96.1 Å². The summed E-state index contributed by atoms with van der Waals surface area (Å²) in [5, 5.41) is 0. The highest BCUT2D eigenvalue weighted by Crippen LogP contribution is 2.39. The zero-order chi connectivity index (χ0) is 27.8. The van der Waals surface area contributed by atoms with Crippen molar-refractivity contribution in [3.05, 3.63) is 107 Å². The molecule has 0 amide bonds. The Morgan fingerprint density at radius 2 is 1.64 bits per heavy atom. The first kappa shape index (κ1) is 28.2. The first-order valence-electron chi connectivity index (χ1n) is 13.1. The second-order valence-electron chi connectivity index (χ2n) is 9.43. The third kappa shape index (κ3) is 7.01. The fraction of sp³-hybridized carbons (Fsp3) is 0.242. The summed E-state index contributed by atoms with van der Waals surface area (Å²) in [4.78, 5) is 13.3. The fourth-order valence-corrected chi connectivity index (χ4v) is 4.95. The van der Waals surface area contributed by atoms with Gasteiger partial charge in [-0.3, -0.25) is 0 Å². The smallest absolute Gasteiger partial charge is 0.355 e. The van der Waals surface area contributed by atoms with Crippen LogP contribution in [0.2, 0.25) is 0 Å². The van der Waals surface area contributed by atoms with Gasteiger partial charge in [0.25, 0.3) is 0 Å². The lowest BCUT2D eigenvalue weighted by Crippen LogP contribution is -2.12. The van der Waals surface area contributed by atoms with E-state index in [9.17, 15) is 4.79 Å². The van der Waals surface area contributed by atoms with E-state index >= 15 is 0 Å². The number of carbonyl (C=O) groups excluding carboxylic acids is 1. The highest BCUT2D eigenvalue weighted by molar-refractivity contribution is 9.10. The summed E-state index contributed by atoms with van der Waals surface area (Å²) in [6.45, 7) is 8.93. The van der Waals surface area contributed by atoms with Gasteiger partial charge in [0.2, 0.25) is 0 Å². The number of hydrogen-bond donors (Lipinski definition) is 0. The summed E-state index contributed by atoms with van der Waals surface area (Å²) in [6, 6.07) is 24.0. The molecule has 0 spiro atoms. The average Bonchev–Trinajstić information content (AvgIpc) is 3.32. The van der Waals surface area contributed by atoms with Crippen LogP contribution < -0.4 is 9.47 Å². The van der Waals surface area contributed by atoms with Crippen molar-refractivity contribution in [3.63, 3.8) is 0 Å². The van der Waals surface area contributed by atoms with Gasteiger partial charge in [-0.25, -0.2) is 4.79 Å². The summed E-state index contributed by atoms with van der Waals surface area (Å²) in [5.74, 6) is 1.19. The Morgan fingerprint density at radius 3 is 2.28 bits per heavy atom. The number of aromatic nitrogens is 1. The molecule has 4 aromatic rings. The Bertz CT molecular complexity index is 1400. The van der Waals surface area contributed by atoms with Gasteiger partial charge in [-0.05, 0) is 73.7 Å². The van der Waals surface area contributed by atoms with E-state index in [1.165, 1.54) is 12.7 Å². The Kier molecular flexibility index (Phi) is 9.66. The van der Waals surface area contributed by atoms with Gasteiger partial charge in [0.1, 0.15) is 17.2 Å². The van der Waals surface area contributed by atoms with E-state index in [0.29, 0.717) is 18.8 Å². The molecule has 1 heterocycles. The fourth-order valence-electron chi connectivity index (χ4n) is 4.46. The lowest BCUT2D eigenvalue weighted by Gasteiger charge is -2.12. The van der Waals surface area contributed by atoms with E-state index in [0.717, 1.165) is 51.1 Å². The number of halogens is 1. The van der Waals surface area contributed by atoms with Gasteiger partial charge >= 0.3 is 5.97 Å². The van der Waals surface area contributed by atoms with Crippen LogP contribution >= 0.6 is 15.9 Å². The maximum atomic E-state index is 13.3. The molecule has 0 aliphatic rings. The molecule has 0 aliphatic carbocycles. The molecule has 0 atom stereocenters. The van der Waals surface area contributed by atoms with Crippen LogP contribution in [0.4, 0.5) is 0 Å². The maximum absolute atomic E-state index is 13.3. The minimum absolute atomic E-state index is 0.0861. The summed E-state index contributed by atoms with van der Waals surface area (Å²) in [6.07, 6.45) is 5.48. The summed E-state index contributed by atoms with van der Waals surface area (Å²) in [5.41, 5.74) is 5.34. The van der Waals surface area contributed by atoms with Crippen LogP contribution in [0.3, 0.4) is 0 Å². The zero-order valence-electron chi connectivity index (χ0n) is 22.7. The molecule has 0 N–H and O–H groups in total. The van der Waals surface area contributed by atoms with Crippen molar-refractivity contribution >= 4 is 21.9 Å². The van der Waals surface area contributed by atoms with Gasteiger partial charge in [-0.15, -0.1) is 6.58 Å². The van der Waals surface area contributed by atoms with Crippen molar-refractivity contribution in [1.82, 2.24) is 4.57 Å². The second-order valence-corrected chi connectivity index (χ2v) is 10.3. The zero-order valence-corrected chi connectivity index (χ0v) is 24.2. The van der Waals surface area contributed by atoms with Gasteiger partial charge in [-0.2, -0.15) is 0 Å². The van der Waals surface area contributed by atoms with Gasteiger partial charge in [0.05, 0.1) is 19.8 Å². The third-order valence-electron chi connectivity index (χ3n) is 6.31. The van der Waals surface area contributed by atoms with E-state index in [4.69, 9.17) is 14.2 Å². The minimum Gasteiger partial charge on any atom is -0.493 e. The first-order chi connectivity index (χ1) is 18.9. The number of benzene rings is 3. The van der Waals surface area contributed by atoms with Gasteiger partial charge in [-0.1, -0.05) is 64.5 Å². The van der Waals surface area contributed by atoms with Gasteiger partial charge < -0.3 is 18.8 Å². The van der Waals surface area contributed by atoms with Crippen LogP contribution in [-0.2, 0) is 17.7 Å². The van der Waals surface area contributed by atoms with Crippen LogP contribution in [0, 0.1) is 0 Å². The van der Waals surface area contributed by atoms with E-state index in [-0.39, 0.29) is 12.1 Å².